The van der Waals surface area contributed by atoms with Crippen LogP contribution in [0.5, 0.6) is 11.5 Å². The molecule has 3 aromatic rings. The number of benzene rings is 3. The molecular weight excluding hydrogens is 400 g/mol. The van der Waals surface area contributed by atoms with Crippen LogP contribution in [0, 0.1) is 0 Å². The van der Waals surface area contributed by atoms with Gasteiger partial charge in [-0.2, -0.15) is 0 Å². The van der Waals surface area contributed by atoms with Gasteiger partial charge >= 0.3 is 0 Å². The zero-order valence-electron chi connectivity index (χ0n) is 17.0. The van der Waals surface area contributed by atoms with Crippen LogP contribution < -0.4 is 15.2 Å². The number of amides is 1. The van der Waals surface area contributed by atoms with Crippen molar-refractivity contribution in [2.75, 3.05) is 5.32 Å². The molecule has 0 atom stereocenters. The molecule has 0 aliphatic carbocycles. The standard InChI is InChI=1S/C23H24N2O4S/c1-23(2,3)16-12-13-20(21(14-16)29-18-9-5-4-6-10-18)22(26)25-17-8-7-11-19(15-17)30(24,27)28/h4-15H,1-3H3,(H,25,26)(H2,24,27,28). The molecule has 0 fully saturated rings. The molecule has 0 aromatic heterocycles. The van der Waals surface area contributed by atoms with Crippen LogP contribution in [-0.4, -0.2) is 14.3 Å². The number of nitrogens with two attached hydrogens (primary N) is 1. The van der Waals surface area contributed by atoms with Crippen LogP contribution >= 0.6 is 0 Å². The largest absolute Gasteiger partial charge is 0.457 e. The Labute approximate surface area is 176 Å². The molecule has 3 N–H and O–H groups in total. The average Bonchev–Trinajstić information content (AvgIpc) is 2.67. The predicted molar refractivity (Wildman–Crippen MR) is 117 cm³/mol. The first kappa shape index (κ1) is 21.5. The number of rotatable bonds is 5. The van der Waals surface area contributed by atoms with Gasteiger partial charge in [0, 0.05) is 5.69 Å². The molecule has 0 radical (unpaired) electrons. The van der Waals surface area contributed by atoms with Gasteiger partial charge in [-0.25, -0.2) is 13.6 Å². The maximum Gasteiger partial charge on any atom is 0.259 e. The maximum absolute atomic E-state index is 13.0. The third kappa shape index (κ3) is 5.25. The summed E-state index contributed by atoms with van der Waals surface area (Å²) in [6.07, 6.45) is 0. The van der Waals surface area contributed by atoms with Crippen molar-refractivity contribution in [2.24, 2.45) is 5.14 Å². The highest BCUT2D eigenvalue weighted by Crippen LogP contribution is 2.32. The summed E-state index contributed by atoms with van der Waals surface area (Å²) in [5.74, 6) is 0.593. The monoisotopic (exact) mass is 424 g/mol. The van der Waals surface area contributed by atoms with Crippen molar-refractivity contribution < 1.29 is 17.9 Å². The summed E-state index contributed by atoms with van der Waals surface area (Å²) in [4.78, 5) is 12.9. The van der Waals surface area contributed by atoms with Crippen molar-refractivity contribution in [2.45, 2.75) is 31.1 Å². The molecule has 3 aromatic carbocycles. The minimum Gasteiger partial charge on any atom is -0.457 e. The number of hydrogen-bond donors (Lipinski definition) is 2. The molecule has 0 bridgehead atoms. The number of carbonyl (C=O) groups excluding carboxylic acids is 1. The van der Waals surface area contributed by atoms with Gasteiger partial charge in [0.1, 0.15) is 11.5 Å². The fourth-order valence-electron chi connectivity index (χ4n) is 2.83. The number of hydrogen-bond acceptors (Lipinski definition) is 4. The second-order valence-corrected chi connectivity index (χ2v) is 9.46. The SMILES string of the molecule is CC(C)(C)c1ccc(C(=O)Nc2cccc(S(N)(=O)=O)c2)c(Oc2ccccc2)c1. The molecule has 6 nitrogen and oxygen atoms in total. The molecule has 0 heterocycles. The van der Waals surface area contributed by atoms with E-state index in [1.807, 2.05) is 30.3 Å². The Morgan fingerprint density at radius 2 is 1.63 bits per heavy atom. The number of anilines is 1. The zero-order chi connectivity index (χ0) is 21.9. The molecule has 0 aliphatic rings. The van der Waals surface area contributed by atoms with E-state index in [0.29, 0.717) is 22.7 Å². The van der Waals surface area contributed by atoms with Crippen molar-refractivity contribution in [3.05, 3.63) is 83.9 Å². The lowest BCUT2D eigenvalue weighted by atomic mass is 9.86. The number of primary sulfonamides is 1. The van der Waals surface area contributed by atoms with Crippen molar-refractivity contribution in [3.8, 4) is 11.5 Å². The second kappa shape index (κ2) is 8.30. The van der Waals surface area contributed by atoms with E-state index in [1.165, 1.54) is 18.2 Å². The van der Waals surface area contributed by atoms with Gasteiger partial charge in [-0.3, -0.25) is 4.79 Å². The minimum absolute atomic E-state index is 0.0795. The van der Waals surface area contributed by atoms with Gasteiger partial charge < -0.3 is 10.1 Å². The number of carbonyl (C=O) groups is 1. The van der Waals surface area contributed by atoms with Gasteiger partial charge in [0.05, 0.1) is 10.5 Å². The van der Waals surface area contributed by atoms with E-state index in [9.17, 15) is 13.2 Å². The quantitative estimate of drug-likeness (QED) is 0.621. The van der Waals surface area contributed by atoms with E-state index >= 15 is 0 Å². The molecule has 7 heteroatoms. The first-order valence-electron chi connectivity index (χ1n) is 9.36. The smallest absolute Gasteiger partial charge is 0.259 e. The molecule has 156 valence electrons. The Balaban J connectivity index is 1.97. The van der Waals surface area contributed by atoms with Crippen molar-refractivity contribution >= 4 is 21.6 Å². The number of para-hydroxylation sites is 1. The third-order valence-electron chi connectivity index (χ3n) is 4.48. The normalized spacial score (nSPS) is 11.7. The number of nitrogens with one attached hydrogen (secondary N) is 1. The molecule has 0 unspecified atom stereocenters. The Bertz CT molecular complexity index is 1170. The number of sulfonamides is 1. The Morgan fingerprint density at radius 3 is 2.27 bits per heavy atom. The van der Waals surface area contributed by atoms with Crippen molar-refractivity contribution in [1.82, 2.24) is 0 Å². The first-order valence-corrected chi connectivity index (χ1v) is 10.9. The molecule has 30 heavy (non-hydrogen) atoms. The first-order chi connectivity index (χ1) is 14.0. The summed E-state index contributed by atoms with van der Waals surface area (Å²) in [7, 11) is -3.87. The van der Waals surface area contributed by atoms with Gasteiger partial charge in [-0.05, 0) is 53.4 Å². The van der Waals surface area contributed by atoms with Crippen molar-refractivity contribution in [1.29, 1.82) is 0 Å². The van der Waals surface area contributed by atoms with Crippen LogP contribution in [-0.2, 0) is 15.4 Å². The van der Waals surface area contributed by atoms with E-state index in [4.69, 9.17) is 9.88 Å². The Hall–Kier alpha value is -3.16. The molecule has 0 saturated carbocycles. The summed E-state index contributed by atoms with van der Waals surface area (Å²) >= 11 is 0. The van der Waals surface area contributed by atoms with Crippen LogP contribution in [0.4, 0.5) is 5.69 Å². The van der Waals surface area contributed by atoms with Gasteiger partial charge in [0.25, 0.3) is 5.91 Å². The summed E-state index contributed by atoms with van der Waals surface area (Å²) in [5, 5.41) is 7.89. The zero-order valence-corrected chi connectivity index (χ0v) is 17.9. The molecule has 0 spiro atoms. The minimum atomic E-state index is -3.87. The van der Waals surface area contributed by atoms with Gasteiger partial charge in [-0.1, -0.05) is 51.1 Å². The summed E-state index contributed by atoms with van der Waals surface area (Å²) in [5.41, 5.74) is 1.53. The van der Waals surface area contributed by atoms with Gasteiger partial charge in [0.2, 0.25) is 10.0 Å². The van der Waals surface area contributed by atoms with Gasteiger partial charge in [0.15, 0.2) is 0 Å². The highest BCUT2D eigenvalue weighted by Gasteiger charge is 2.20. The summed E-state index contributed by atoms with van der Waals surface area (Å²) in [6.45, 7) is 6.23. The molecule has 0 aliphatic heterocycles. The summed E-state index contributed by atoms with van der Waals surface area (Å²) in [6, 6.07) is 20.4. The summed E-state index contributed by atoms with van der Waals surface area (Å²) < 4.78 is 29.2. The molecular formula is C23H24N2O4S. The van der Waals surface area contributed by atoms with E-state index in [-0.39, 0.29) is 10.3 Å². The number of ether oxygens (including phenoxy) is 1. The Morgan fingerprint density at radius 1 is 0.933 bits per heavy atom. The molecule has 1 amide bonds. The van der Waals surface area contributed by atoms with Crippen LogP contribution in [0.3, 0.4) is 0 Å². The lowest BCUT2D eigenvalue weighted by molar-refractivity contribution is 0.102. The van der Waals surface area contributed by atoms with Crippen molar-refractivity contribution in [3.63, 3.8) is 0 Å². The highest BCUT2D eigenvalue weighted by atomic mass is 32.2. The van der Waals surface area contributed by atoms with E-state index < -0.39 is 15.9 Å². The van der Waals surface area contributed by atoms with Crippen LogP contribution in [0.1, 0.15) is 36.7 Å². The van der Waals surface area contributed by atoms with E-state index in [0.717, 1.165) is 5.56 Å². The average molecular weight is 425 g/mol. The molecule has 0 saturated heterocycles. The second-order valence-electron chi connectivity index (χ2n) is 7.90. The van der Waals surface area contributed by atoms with Crippen LogP contribution in [0.2, 0.25) is 0 Å². The van der Waals surface area contributed by atoms with Crippen LogP contribution in [0.25, 0.3) is 0 Å². The molecule has 3 rings (SSSR count). The van der Waals surface area contributed by atoms with E-state index in [2.05, 4.69) is 26.1 Å². The maximum atomic E-state index is 13.0. The third-order valence-corrected chi connectivity index (χ3v) is 5.39. The van der Waals surface area contributed by atoms with E-state index in [1.54, 1.807) is 24.3 Å². The lowest BCUT2D eigenvalue weighted by Crippen LogP contribution is -2.16. The van der Waals surface area contributed by atoms with Crippen LogP contribution in [0.15, 0.2) is 77.7 Å². The Kier molecular flexibility index (Phi) is 5.96. The lowest BCUT2D eigenvalue weighted by Gasteiger charge is -2.21. The van der Waals surface area contributed by atoms with Gasteiger partial charge in [-0.15, -0.1) is 0 Å². The fraction of sp³-hybridized carbons (Fsp3) is 0.174. The highest BCUT2D eigenvalue weighted by molar-refractivity contribution is 7.89. The fourth-order valence-corrected chi connectivity index (χ4v) is 3.39. The topological polar surface area (TPSA) is 98.5 Å². The predicted octanol–water partition coefficient (Wildman–Crippen LogP) is 4.68.